The molecule has 3 nitrogen and oxygen atoms in total. The molecule has 2 rings (SSSR count). The van der Waals surface area contributed by atoms with Crippen molar-refractivity contribution < 1.29 is 4.42 Å². The van der Waals surface area contributed by atoms with Crippen molar-refractivity contribution in [2.45, 2.75) is 24.0 Å². The number of hydrogen-bond acceptors (Lipinski definition) is 4. The highest BCUT2D eigenvalue weighted by atomic mass is 35.5. The summed E-state index contributed by atoms with van der Waals surface area (Å²) in [7, 11) is 0. The van der Waals surface area contributed by atoms with Crippen molar-refractivity contribution in [1.29, 1.82) is 5.26 Å². The molecule has 5 heteroatoms. The third kappa shape index (κ3) is 2.63. The Labute approximate surface area is 108 Å². The molecule has 0 spiro atoms. The summed E-state index contributed by atoms with van der Waals surface area (Å²) in [5, 5.41) is 10.1. The first-order chi connectivity index (χ1) is 8.10. The predicted octanol–water partition coefficient (Wildman–Crippen LogP) is 3.97. The van der Waals surface area contributed by atoms with E-state index >= 15 is 0 Å². The van der Waals surface area contributed by atoms with Gasteiger partial charge in [-0.3, -0.25) is 0 Å². The van der Waals surface area contributed by atoms with Gasteiger partial charge in [0.1, 0.15) is 11.8 Å². The fourth-order valence-electron chi connectivity index (χ4n) is 1.25. The van der Waals surface area contributed by atoms with Crippen molar-refractivity contribution in [3.8, 4) is 6.07 Å². The minimum absolute atomic E-state index is 0.527. The van der Waals surface area contributed by atoms with Crippen molar-refractivity contribution in [2.24, 2.45) is 0 Å². The fraction of sp³-hybridized carbons (Fsp3) is 0.167. The first kappa shape index (κ1) is 12.0. The summed E-state index contributed by atoms with van der Waals surface area (Å²) >= 11 is 7.21. The number of halogens is 1. The summed E-state index contributed by atoms with van der Waals surface area (Å²) in [5.74, 6) is 0.785. The molecule has 0 radical (unpaired) electrons. The minimum atomic E-state index is 0.527. The third-order valence-corrected chi connectivity index (χ3v) is 3.41. The van der Waals surface area contributed by atoms with Crippen LogP contribution in [0.3, 0.4) is 0 Å². The molecule has 2 aromatic rings. The van der Waals surface area contributed by atoms with Crippen LogP contribution < -0.4 is 0 Å². The molecular formula is C12H9ClN2OS. The van der Waals surface area contributed by atoms with Crippen molar-refractivity contribution in [2.75, 3.05) is 0 Å². The van der Waals surface area contributed by atoms with E-state index in [1.165, 1.54) is 11.8 Å². The number of nitrogens with zero attached hydrogens (tertiary/aromatic N) is 2. The zero-order valence-electron chi connectivity index (χ0n) is 9.32. The van der Waals surface area contributed by atoms with E-state index in [4.69, 9.17) is 21.3 Å². The molecule has 0 aliphatic rings. The van der Waals surface area contributed by atoms with Crippen LogP contribution in [0.1, 0.15) is 17.0 Å². The molecule has 0 saturated carbocycles. The molecule has 1 heterocycles. The summed E-state index contributed by atoms with van der Waals surface area (Å²) in [6, 6.07) is 7.23. The monoisotopic (exact) mass is 264 g/mol. The van der Waals surface area contributed by atoms with Crippen LogP contribution in [0, 0.1) is 25.2 Å². The maximum Gasteiger partial charge on any atom is 0.261 e. The third-order valence-electron chi connectivity index (χ3n) is 2.27. The minimum Gasteiger partial charge on any atom is -0.436 e. The van der Waals surface area contributed by atoms with Crippen molar-refractivity contribution in [3.05, 3.63) is 40.2 Å². The van der Waals surface area contributed by atoms with Gasteiger partial charge in [0.2, 0.25) is 0 Å². The average molecular weight is 265 g/mol. The van der Waals surface area contributed by atoms with Gasteiger partial charge in [-0.15, -0.1) is 0 Å². The Morgan fingerprint density at radius 2 is 2.18 bits per heavy atom. The van der Waals surface area contributed by atoms with Gasteiger partial charge in [-0.1, -0.05) is 11.6 Å². The summed E-state index contributed by atoms with van der Waals surface area (Å²) in [5.41, 5.74) is 1.42. The maximum atomic E-state index is 8.99. The standard InChI is InChI=1S/C12H9ClN2OS/c1-7-8(2)16-12(15-7)17-11-5-10(13)4-3-9(11)6-14/h3-5H,1-2H3. The lowest BCUT2D eigenvalue weighted by molar-refractivity contribution is 0.431. The molecule has 0 N–H and O–H groups in total. The number of hydrogen-bond donors (Lipinski definition) is 0. The van der Waals surface area contributed by atoms with E-state index in [0.717, 1.165) is 16.3 Å². The maximum absolute atomic E-state index is 8.99. The quantitative estimate of drug-likeness (QED) is 0.824. The number of nitriles is 1. The van der Waals surface area contributed by atoms with Crippen LogP contribution in [-0.2, 0) is 0 Å². The largest absolute Gasteiger partial charge is 0.436 e. The number of oxazole rings is 1. The first-order valence-corrected chi connectivity index (χ1v) is 6.11. The van der Waals surface area contributed by atoms with Gasteiger partial charge in [-0.2, -0.15) is 5.26 Å². The van der Waals surface area contributed by atoms with Gasteiger partial charge in [-0.05, 0) is 43.8 Å². The van der Waals surface area contributed by atoms with Gasteiger partial charge < -0.3 is 4.42 Å². The molecule has 0 amide bonds. The molecule has 1 aromatic carbocycles. The van der Waals surface area contributed by atoms with E-state index in [2.05, 4.69) is 11.1 Å². The van der Waals surface area contributed by atoms with E-state index in [-0.39, 0.29) is 0 Å². The van der Waals surface area contributed by atoms with Crippen molar-refractivity contribution in [3.63, 3.8) is 0 Å². The molecule has 17 heavy (non-hydrogen) atoms. The second kappa shape index (κ2) is 4.82. The van der Waals surface area contributed by atoms with Crippen LogP contribution in [0.2, 0.25) is 5.02 Å². The van der Waals surface area contributed by atoms with Gasteiger partial charge >= 0.3 is 0 Å². The highest BCUT2D eigenvalue weighted by Gasteiger charge is 2.11. The second-order valence-corrected chi connectivity index (χ2v) is 4.91. The molecule has 0 bridgehead atoms. The predicted molar refractivity (Wildman–Crippen MR) is 66.3 cm³/mol. The fourth-order valence-corrected chi connectivity index (χ4v) is 2.44. The summed E-state index contributed by atoms with van der Waals surface area (Å²) in [4.78, 5) is 5.01. The van der Waals surface area contributed by atoms with E-state index in [0.29, 0.717) is 15.8 Å². The number of aryl methyl sites for hydroxylation is 2. The van der Waals surface area contributed by atoms with Crippen molar-refractivity contribution >= 4 is 23.4 Å². The SMILES string of the molecule is Cc1nc(Sc2cc(Cl)ccc2C#N)oc1C. The molecular weight excluding hydrogens is 256 g/mol. The Kier molecular flexibility index (Phi) is 3.41. The van der Waals surface area contributed by atoms with Crippen LogP contribution >= 0.6 is 23.4 Å². The average Bonchev–Trinajstić information content (AvgIpc) is 2.58. The van der Waals surface area contributed by atoms with Crippen LogP contribution in [0.5, 0.6) is 0 Å². The Hall–Kier alpha value is -1.44. The van der Waals surface area contributed by atoms with Crippen LogP contribution in [0.4, 0.5) is 0 Å². The zero-order valence-corrected chi connectivity index (χ0v) is 10.9. The van der Waals surface area contributed by atoms with E-state index in [1.54, 1.807) is 18.2 Å². The summed E-state index contributed by atoms with van der Waals surface area (Å²) < 4.78 is 5.46. The molecule has 0 unspecified atom stereocenters. The van der Waals surface area contributed by atoms with Gasteiger partial charge in [0.25, 0.3) is 5.22 Å². The molecule has 0 fully saturated rings. The van der Waals surface area contributed by atoms with Gasteiger partial charge in [0, 0.05) is 9.92 Å². The molecule has 86 valence electrons. The van der Waals surface area contributed by atoms with Crippen LogP contribution in [0.25, 0.3) is 0 Å². The number of rotatable bonds is 2. The van der Waals surface area contributed by atoms with Crippen LogP contribution in [-0.4, -0.2) is 4.98 Å². The van der Waals surface area contributed by atoms with E-state index in [9.17, 15) is 0 Å². The Bertz CT molecular complexity index is 582. The highest BCUT2D eigenvalue weighted by molar-refractivity contribution is 7.99. The smallest absolute Gasteiger partial charge is 0.261 e. The number of aromatic nitrogens is 1. The Balaban J connectivity index is 2.35. The first-order valence-electron chi connectivity index (χ1n) is 4.91. The molecule has 0 atom stereocenters. The van der Waals surface area contributed by atoms with Crippen LogP contribution in [0.15, 0.2) is 32.7 Å². The second-order valence-electron chi connectivity index (χ2n) is 3.48. The normalized spacial score (nSPS) is 10.2. The molecule has 1 aromatic heterocycles. The van der Waals surface area contributed by atoms with Gasteiger partial charge in [0.15, 0.2) is 0 Å². The lowest BCUT2D eigenvalue weighted by Crippen LogP contribution is -1.81. The molecule has 0 aliphatic carbocycles. The molecule has 0 aliphatic heterocycles. The van der Waals surface area contributed by atoms with Gasteiger partial charge in [-0.25, -0.2) is 4.98 Å². The van der Waals surface area contributed by atoms with E-state index < -0.39 is 0 Å². The highest BCUT2D eigenvalue weighted by Crippen LogP contribution is 2.32. The topological polar surface area (TPSA) is 49.8 Å². The number of benzene rings is 1. The summed E-state index contributed by atoms with van der Waals surface area (Å²) in [6.45, 7) is 3.74. The van der Waals surface area contributed by atoms with E-state index in [1.807, 2.05) is 13.8 Å². The van der Waals surface area contributed by atoms with Gasteiger partial charge in [0.05, 0.1) is 11.3 Å². The zero-order chi connectivity index (χ0) is 12.4. The molecule has 0 saturated heterocycles. The Morgan fingerprint density at radius 3 is 2.76 bits per heavy atom. The Morgan fingerprint density at radius 1 is 1.41 bits per heavy atom. The lowest BCUT2D eigenvalue weighted by Gasteiger charge is -2.00. The summed E-state index contributed by atoms with van der Waals surface area (Å²) in [6.07, 6.45) is 0. The lowest BCUT2D eigenvalue weighted by atomic mass is 10.2. The van der Waals surface area contributed by atoms with Crippen molar-refractivity contribution in [1.82, 2.24) is 4.98 Å².